The second-order valence-corrected chi connectivity index (χ2v) is 5.52. The number of hydrogen-bond acceptors (Lipinski definition) is 2. The maximum atomic E-state index is 5.47. The first-order chi connectivity index (χ1) is 9.70. The second kappa shape index (κ2) is 4.18. The molecule has 0 unspecified atom stereocenters. The molecule has 0 saturated heterocycles. The molecule has 1 aliphatic rings. The fraction of sp³-hybridized carbons (Fsp3) is 0.235. The fourth-order valence-corrected chi connectivity index (χ4v) is 2.73. The lowest BCUT2D eigenvalue weighted by atomic mass is 10.1. The minimum atomic E-state index is 0.710. The molecule has 0 fully saturated rings. The molecular weight excluding hydrogens is 248 g/mol. The number of benzene rings is 2. The SMILES string of the molecule is Cc1cc2nc(-c3ccc4c(c3)COC4)[nH]c2cc1C. The largest absolute Gasteiger partial charge is 0.372 e. The summed E-state index contributed by atoms with van der Waals surface area (Å²) >= 11 is 0. The van der Waals surface area contributed by atoms with Crippen molar-refractivity contribution < 1.29 is 4.74 Å². The molecule has 0 saturated carbocycles. The molecule has 1 N–H and O–H groups in total. The smallest absolute Gasteiger partial charge is 0.138 e. The molecule has 3 heteroatoms. The number of H-pyrrole nitrogens is 1. The van der Waals surface area contributed by atoms with Crippen LogP contribution in [0.25, 0.3) is 22.4 Å². The lowest BCUT2D eigenvalue weighted by molar-refractivity contribution is 0.134. The summed E-state index contributed by atoms with van der Waals surface area (Å²) < 4.78 is 5.47. The molecule has 0 spiro atoms. The van der Waals surface area contributed by atoms with Gasteiger partial charge >= 0.3 is 0 Å². The predicted molar refractivity (Wildman–Crippen MR) is 79.5 cm³/mol. The average Bonchev–Trinajstić information content (AvgIpc) is 3.04. The Balaban J connectivity index is 1.86. The molecule has 1 aliphatic heterocycles. The van der Waals surface area contributed by atoms with Crippen LogP contribution in [0.4, 0.5) is 0 Å². The number of aromatic nitrogens is 2. The Bertz CT molecular complexity index is 778. The lowest BCUT2D eigenvalue weighted by Crippen LogP contribution is -1.85. The summed E-state index contributed by atoms with van der Waals surface area (Å²) in [6.07, 6.45) is 0. The van der Waals surface area contributed by atoms with E-state index in [1.807, 2.05) is 0 Å². The number of nitrogens with one attached hydrogen (secondary N) is 1. The van der Waals surface area contributed by atoms with Crippen LogP contribution in [0, 0.1) is 13.8 Å². The van der Waals surface area contributed by atoms with E-state index in [0.717, 1.165) is 29.0 Å². The van der Waals surface area contributed by atoms with Gasteiger partial charge in [-0.2, -0.15) is 0 Å². The highest BCUT2D eigenvalue weighted by molar-refractivity contribution is 5.81. The van der Waals surface area contributed by atoms with Gasteiger partial charge < -0.3 is 9.72 Å². The van der Waals surface area contributed by atoms with E-state index >= 15 is 0 Å². The zero-order valence-corrected chi connectivity index (χ0v) is 11.7. The van der Waals surface area contributed by atoms with Crippen molar-refractivity contribution in [3.8, 4) is 11.4 Å². The zero-order valence-electron chi connectivity index (χ0n) is 11.7. The highest BCUT2D eigenvalue weighted by Crippen LogP contribution is 2.27. The van der Waals surface area contributed by atoms with Crippen LogP contribution in [0.15, 0.2) is 30.3 Å². The fourth-order valence-electron chi connectivity index (χ4n) is 2.73. The standard InChI is InChI=1S/C17H16N2O/c1-10-5-15-16(6-11(10)2)19-17(18-15)12-3-4-13-8-20-9-14(13)7-12/h3-7H,8-9H2,1-2H3,(H,18,19). The van der Waals surface area contributed by atoms with Crippen LogP contribution in [0.1, 0.15) is 22.3 Å². The number of fused-ring (bicyclic) bond motifs is 2. The van der Waals surface area contributed by atoms with Gasteiger partial charge in [-0.3, -0.25) is 0 Å². The van der Waals surface area contributed by atoms with E-state index in [9.17, 15) is 0 Å². The molecule has 3 aromatic rings. The van der Waals surface area contributed by atoms with Crippen LogP contribution in [0.3, 0.4) is 0 Å². The summed E-state index contributed by atoms with van der Waals surface area (Å²) in [5.74, 6) is 0.930. The van der Waals surface area contributed by atoms with Crippen molar-refractivity contribution >= 4 is 11.0 Å². The third-order valence-electron chi connectivity index (χ3n) is 4.09. The maximum absolute atomic E-state index is 5.47. The van der Waals surface area contributed by atoms with Gasteiger partial charge in [0, 0.05) is 5.56 Å². The second-order valence-electron chi connectivity index (χ2n) is 5.52. The quantitative estimate of drug-likeness (QED) is 0.724. The third kappa shape index (κ3) is 1.74. The van der Waals surface area contributed by atoms with Crippen molar-refractivity contribution in [1.29, 1.82) is 0 Å². The van der Waals surface area contributed by atoms with Gasteiger partial charge in [-0.1, -0.05) is 12.1 Å². The van der Waals surface area contributed by atoms with E-state index in [1.165, 1.54) is 22.3 Å². The highest BCUT2D eigenvalue weighted by Gasteiger charge is 2.13. The molecule has 100 valence electrons. The van der Waals surface area contributed by atoms with E-state index in [2.05, 4.69) is 49.2 Å². The number of aromatic amines is 1. The molecule has 2 heterocycles. The van der Waals surface area contributed by atoms with Crippen LogP contribution in [0.5, 0.6) is 0 Å². The van der Waals surface area contributed by atoms with Gasteiger partial charge in [0.2, 0.25) is 0 Å². The molecule has 1 aromatic heterocycles. The van der Waals surface area contributed by atoms with Crippen molar-refractivity contribution in [1.82, 2.24) is 9.97 Å². The van der Waals surface area contributed by atoms with Gasteiger partial charge in [0.1, 0.15) is 5.82 Å². The number of rotatable bonds is 1. The Morgan fingerprint density at radius 3 is 2.70 bits per heavy atom. The summed E-state index contributed by atoms with van der Waals surface area (Å²) in [5.41, 5.74) is 8.38. The summed E-state index contributed by atoms with van der Waals surface area (Å²) in [6, 6.07) is 10.7. The molecule has 0 bridgehead atoms. The van der Waals surface area contributed by atoms with E-state index in [4.69, 9.17) is 9.72 Å². The van der Waals surface area contributed by atoms with Crippen molar-refractivity contribution in [2.24, 2.45) is 0 Å². The monoisotopic (exact) mass is 264 g/mol. The Morgan fingerprint density at radius 1 is 1.00 bits per heavy atom. The van der Waals surface area contributed by atoms with Gasteiger partial charge in [-0.25, -0.2) is 4.98 Å². The summed E-state index contributed by atoms with van der Waals surface area (Å²) in [5, 5.41) is 0. The van der Waals surface area contributed by atoms with E-state index in [-0.39, 0.29) is 0 Å². The summed E-state index contributed by atoms with van der Waals surface area (Å²) in [4.78, 5) is 8.13. The predicted octanol–water partition coefficient (Wildman–Crippen LogP) is 3.88. The Hall–Kier alpha value is -2.13. The van der Waals surface area contributed by atoms with Crippen LogP contribution < -0.4 is 0 Å². The van der Waals surface area contributed by atoms with Gasteiger partial charge in [-0.15, -0.1) is 0 Å². The number of hydrogen-bond donors (Lipinski definition) is 1. The van der Waals surface area contributed by atoms with Crippen LogP contribution >= 0.6 is 0 Å². The topological polar surface area (TPSA) is 37.9 Å². The molecular formula is C17H16N2O. The normalized spacial score (nSPS) is 13.9. The Labute approximate surface area is 117 Å². The van der Waals surface area contributed by atoms with Crippen LogP contribution in [-0.4, -0.2) is 9.97 Å². The van der Waals surface area contributed by atoms with Gasteiger partial charge in [0.15, 0.2) is 0 Å². The van der Waals surface area contributed by atoms with E-state index in [1.54, 1.807) is 0 Å². The molecule has 20 heavy (non-hydrogen) atoms. The molecule has 0 atom stereocenters. The molecule has 3 nitrogen and oxygen atoms in total. The third-order valence-corrected chi connectivity index (χ3v) is 4.09. The maximum Gasteiger partial charge on any atom is 0.138 e. The van der Waals surface area contributed by atoms with E-state index < -0.39 is 0 Å². The first kappa shape index (κ1) is 11.7. The number of aryl methyl sites for hydroxylation is 2. The van der Waals surface area contributed by atoms with Gasteiger partial charge in [0.25, 0.3) is 0 Å². The molecule has 0 aliphatic carbocycles. The first-order valence-electron chi connectivity index (χ1n) is 6.87. The van der Waals surface area contributed by atoms with Gasteiger partial charge in [0.05, 0.1) is 24.2 Å². The molecule has 0 radical (unpaired) electrons. The minimum Gasteiger partial charge on any atom is -0.372 e. The van der Waals surface area contributed by atoms with Crippen LogP contribution in [-0.2, 0) is 18.0 Å². The van der Waals surface area contributed by atoms with Crippen molar-refractivity contribution in [3.63, 3.8) is 0 Å². The zero-order chi connectivity index (χ0) is 13.7. The summed E-state index contributed by atoms with van der Waals surface area (Å²) in [6.45, 7) is 5.69. The number of ether oxygens (including phenoxy) is 1. The number of nitrogens with zero attached hydrogens (tertiary/aromatic N) is 1. The van der Waals surface area contributed by atoms with Gasteiger partial charge in [-0.05, 0) is 54.3 Å². The first-order valence-corrected chi connectivity index (χ1v) is 6.87. The minimum absolute atomic E-state index is 0.710. The Kier molecular flexibility index (Phi) is 2.44. The molecule has 4 rings (SSSR count). The number of imidazole rings is 1. The van der Waals surface area contributed by atoms with Crippen molar-refractivity contribution in [2.75, 3.05) is 0 Å². The van der Waals surface area contributed by atoms with E-state index in [0.29, 0.717) is 6.61 Å². The molecule has 0 amide bonds. The Morgan fingerprint density at radius 2 is 1.80 bits per heavy atom. The van der Waals surface area contributed by atoms with Crippen molar-refractivity contribution in [2.45, 2.75) is 27.1 Å². The average molecular weight is 264 g/mol. The molecule has 2 aromatic carbocycles. The summed E-state index contributed by atoms with van der Waals surface area (Å²) in [7, 11) is 0. The van der Waals surface area contributed by atoms with Crippen molar-refractivity contribution in [3.05, 3.63) is 52.6 Å². The highest BCUT2D eigenvalue weighted by atomic mass is 16.5. The lowest BCUT2D eigenvalue weighted by Gasteiger charge is -2.00. The van der Waals surface area contributed by atoms with Crippen LogP contribution in [0.2, 0.25) is 0 Å².